The molecule has 1 aliphatic heterocycles. The number of anilines is 2. The number of hydrogen-bond acceptors (Lipinski definition) is 4. The van der Waals surface area contributed by atoms with E-state index in [0.717, 1.165) is 37.2 Å². The number of carbonyl (C=O) groups is 1. The van der Waals surface area contributed by atoms with E-state index in [1.165, 1.54) is 6.07 Å². The molecule has 0 saturated carbocycles. The van der Waals surface area contributed by atoms with Crippen LogP contribution in [0.25, 0.3) is 11.1 Å². The molecule has 0 bridgehead atoms. The SMILES string of the molecule is O=C(C=C1CCN(c2ccc(F)c(Cl)c2)CC1)Nc1ccc2[nH]c(=O)oc2c1. The molecule has 2 heterocycles. The van der Waals surface area contributed by atoms with Crippen molar-refractivity contribution in [1.29, 1.82) is 0 Å². The Hall–Kier alpha value is -3.06. The average molecular weight is 402 g/mol. The second-order valence-corrected chi connectivity index (χ2v) is 7.01. The zero-order valence-electron chi connectivity index (χ0n) is 14.8. The summed E-state index contributed by atoms with van der Waals surface area (Å²) < 4.78 is 18.3. The zero-order chi connectivity index (χ0) is 19.7. The van der Waals surface area contributed by atoms with Crippen LogP contribution in [0.15, 0.2) is 57.3 Å². The Bertz CT molecular complexity index is 1130. The lowest BCUT2D eigenvalue weighted by Crippen LogP contribution is -2.30. The molecular formula is C20H17ClFN3O3. The Kier molecular flexibility index (Phi) is 4.92. The Morgan fingerprint density at radius 1 is 1.21 bits per heavy atom. The van der Waals surface area contributed by atoms with E-state index in [9.17, 15) is 14.0 Å². The highest BCUT2D eigenvalue weighted by Crippen LogP contribution is 2.27. The molecule has 1 saturated heterocycles. The predicted octanol–water partition coefficient (Wildman–Crippen LogP) is 4.08. The van der Waals surface area contributed by atoms with Crippen LogP contribution in [0.2, 0.25) is 5.02 Å². The highest BCUT2D eigenvalue weighted by molar-refractivity contribution is 6.31. The minimum Gasteiger partial charge on any atom is -0.408 e. The van der Waals surface area contributed by atoms with E-state index >= 15 is 0 Å². The van der Waals surface area contributed by atoms with Crippen LogP contribution >= 0.6 is 11.6 Å². The molecule has 0 unspecified atom stereocenters. The lowest BCUT2D eigenvalue weighted by atomic mass is 10.0. The van der Waals surface area contributed by atoms with Crippen molar-refractivity contribution in [3.05, 3.63) is 69.4 Å². The van der Waals surface area contributed by atoms with E-state index in [-0.39, 0.29) is 10.9 Å². The largest absolute Gasteiger partial charge is 0.417 e. The van der Waals surface area contributed by atoms with Crippen molar-refractivity contribution in [2.75, 3.05) is 23.3 Å². The average Bonchev–Trinajstić information content (AvgIpc) is 3.04. The van der Waals surface area contributed by atoms with Crippen molar-refractivity contribution in [3.8, 4) is 0 Å². The summed E-state index contributed by atoms with van der Waals surface area (Å²) in [4.78, 5) is 28.2. The summed E-state index contributed by atoms with van der Waals surface area (Å²) in [7, 11) is 0. The number of aromatic nitrogens is 1. The molecule has 2 N–H and O–H groups in total. The highest BCUT2D eigenvalue weighted by Gasteiger charge is 2.16. The number of amides is 1. The maximum Gasteiger partial charge on any atom is 0.417 e. The van der Waals surface area contributed by atoms with Crippen LogP contribution in [0.3, 0.4) is 0 Å². The van der Waals surface area contributed by atoms with Gasteiger partial charge in [0.05, 0.1) is 10.5 Å². The minimum atomic E-state index is -0.533. The van der Waals surface area contributed by atoms with Gasteiger partial charge in [0.15, 0.2) is 5.58 Å². The van der Waals surface area contributed by atoms with Gasteiger partial charge >= 0.3 is 5.76 Å². The van der Waals surface area contributed by atoms with Gasteiger partial charge in [0.1, 0.15) is 5.82 Å². The van der Waals surface area contributed by atoms with Crippen LogP contribution in [0.1, 0.15) is 12.8 Å². The number of rotatable bonds is 3. The summed E-state index contributed by atoms with van der Waals surface area (Å²) in [6, 6.07) is 9.66. The van der Waals surface area contributed by atoms with Crippen molar-refractivity contribution >= 4 is 40.0 Å². The molecule has 1 aliphatic rings. The summed E-state index contributed by atoms with van der Waals surface area (Å²) >= 11 is 5.85. The quantitative estimate of drug-likeness (QED) is 0.648. The van der Waals surface area contributed by atoms with Crippen molar-refractivity contribution in [1.82, 2.24) is 4.98 Å². The number of aromatic amines is 1. The molecule has 0 radical (unpaired) electrons. The third-order valence-corrected chi connectivity index (χ3v) is 4.99. The standard InChI is InChI=1S/C20H17ClFN3O3/c21-15-11-14(2-3-16(15)22)25-7-5-12(6-8-25)9-19(26)23-13-1-4-17-18(10-13)28-20(27)24-17/h1-4,9-11H,5-8H2,(H,23,26)(H,24,27). The number of halogens is 2. The number of hydrogen-bond donors (Lipinski definition) is 2. The number of piperidine rings is 1. The van der Waals surface area contributed by atoms with E-state index in [1.807, 2.05) is 0 Å². The molecule has 0 spiro atoms. The first-order valence-corrected chi connectivity index (χ1v) is 9.19. The van der Waals surface area contributed by atoms with Crippen LogP contribution in [-0.2, 0) is 4.79 Å². The van der Waals surface area contributed by atoms with Gasteiger partial charge in [0, 0.05) is 36.6 Å². The van der Waals surface area contributed by atoms with Gasteiger partial charge in [0.2, 0.25) is 5.91 Å². The number of H-pyrrole nitrogens is 1. The fourth-order valence-electron chi connectivity index (χ4n) is 3.27. The summed E-state index contributed by atoms with van der Waals surface area (Å²) in [5, 5.41) is 2.89. The van der Waals surface area contributed by atoms with Gasteiger partial charge in [-0.2, -0.15) is 0 Å². The molecule has 0 aliphatic carbocycles. The van der Waals surface area contributed by atoms with Crippen LogP contribution in [-0.4, -0.2) is 24.0 Å². The number of carbonyl (C=O) groups excluding carboxylic acids is 1. The first-order valence-electron chi connectivity index (χ1n) is 8.81. The van der Waals surface area contributed by atoms with E-state index in [0.29, 0.717) is 16.8 Å². The highest BCUT2D eigenvalue weighted by atomic mass is 35.5. The topological polar surface area (TPSA) is 78.3 Å². The molecule has 4 rings (SSSR count). The third-order valence-electron chi connectivity index (χ3n) is 4.70. The smallest absolute Gasteiger partial charge is 0.408 e. The molecule has 1 fully saturated rings. The summed E-state index contributed by atoms with van der Waals surface area (Å²) in [5.74, 6) is -1.20. The van der Waals surface area contributed by atoms with Gasteiger partial charge in [-0.05, 0) is 43.2 Å². The van der Waals surface area contributed by atoms with Crippen molar-refractivity contribution < 1.29 is 13.6 Å². The van der Waals surface area contributed by atoms with Gasteiger partial charge in [0.25, 0.3) is 0 Å². The van der Waals surface area contributed by atoms with Crippen molar-refractivity contribution in [2.45, 2.75) is 12.8 Å². The zero-order valence-corrected chi connectivity index (χ0v) is 15.6. The van der Waals surface area contributed by atoms with Gasteiger partial charge < -0.3 is 14.6 Å². The summed E-state index contributed by atoms with van der Waals surface area (Å²) in [6.45, 7) is 1.45. The first kappa shape index (κ1) is 18.3. The Morgan fingerprint density at radius 2 is 2.00 bits per heavy atom. The molecule has 1 amide bonds. The molecule has 6 nitrogen and oxygen atoms in total. The van der Waals surface area contributed by atoms with E-state index < -0.39 is 11.6 Å². The first-order chi connectivity index (χ1) is 13.5. The molecular weight excluding hydrogens is 385 g/mol. The molecule has 28 heavy (non-hydrogen) atoms. The molecule has 2 aromatic carbocycles. The van der Waals surface area contributed by atoms with Crippen LogP contribution in [0.5, 0.6) is 0 Å². The van der Waals surface area contributed by atoms with E-state index in [4.69, 9.17) is 16.0 Å². The van der Waals surface area contributed by atoms with Crippen molar-refractivity contribution in [2.24, 2.45) is 0 Å². The minimum absolute atomic E-state index is 0.105. The normalized spacial score (nSPS) is 14.4. The lowest BCUT2D eigenvalue weighted by molar-refractivity contribution is -0.112. The van der Waals surface area contributed by atoms with Gasteiger partial charge in [-0.1, -0.05) is 17.2 Å². The third kappa shape index (κ3) is 3.94. The fourth-order valence-corrected chi connectivity index (χ4v) is 3.44. The monoisotopic (exact) mass is 401 g/mol. The fraction of sp³-hybridized carbons (Fsp3) is 0.200. The maximum atomic E-state index is 13.3. The van der Waals surface area contributed by atoms with E-state index in [1.54, 1.807) is 36.4 Å². The van der Waals surface area contributed by atoms with Gasteiger partial charge in [-0.15, -0.1) is 0 Å². The number of fused-ring (bicyclic) bond motifs is 1. The Labute approximate surface area is 164 Å². The number of nitrogens with one attached hydrogen (secondary N) is 2. The van der Waals surface area contributed by atoms with Crippen LogP contribution < -0.4 is 16.0 Å². The number of benzene rings is 2. The summed E-state index contributed by atoms with van der Waals surface area (Å²) in [6.07, 6.45) is 3.06. The molecule has 8 heteroatoms. The van der Waals surface area contributed by atoms with Crippen LogP contribution in [0.4, 0.5) is 15.8 Å². The predicted molar refractivity (Wildman–Crippen MR) is 106 cm³/mol. The molecule has 0 atom stereocenters. The second-order valence-electron chi connectivity index (χ2n) is 6.60. The molecule has 1 aromatic heterocycles. The number of nitrogens with zero attached hydrogens (tertiary/aromatic N) is 1. The van der Waals surface area contributed by atoms with Gasteiger partial charge in [-0.25, -0.2) is 9.18 Å². The lowest BCUT2D eigenvalue weighted by Gasteiger charge is -2.30. The Morgan fingerprint density at radius 3 is 2.75 bits per heavy atom. The van der Waals surface area contributed by atoms with Crippen molar-refractivity contribution in [3.63, 3.8) is 0 Å². The maximum absolute atomic E-state index is 13.3. The van der Waals surface area contributed by atoms with E-state index in [2.05, 4.69) is 15.2 Å². The van der Waals surface area contributed by atoms with Crippen LogP contribution in [0, 0.1) is 5.82 Å². The van der Waals surface area contributed by atoms with Gasteiger partial charge in [-0.3, -0.25) is 9.78 Å². The molecule has 144 valence electrons. The Balaban J connectivity index is 1.38. The second kappa shape index (κ2) is 7.52. The number of oxazole rings is 1. The molecule has 3 aromatic rings. The summed E-state index contributed by atoms with van der Waals surface area (Å²) in [5.41, 5.74) is 3.43.